The van der Waals surface area contributed by atoms with Gasteiger partial charge in [0, 0.05) is 17.1 Å². The van der Waals surface area contributed by atoms with Gasteiger partial charge in [0.05, 0.1) is 12.1 Å². The third kappa shape index (κ3) is 6.63. The summed E-state index contributed by atoms with van der Waals surface area (Å²) in [4.78, 5) is 15.1. The van der Waals surface area contributed by atoms with Crippen LogP contribution in [0.5, 0.6) is 5.75 Å². The van der Waals surface area contributed by atoms with Gasteiger partial charge in [-0.1, -0.05) is 36.2 Å². The lowest BCUT2D eigenvalue weighted by Gasteiger charge is -2.35. The van der Waals surface area contributed by atoms with Gasteiger partial charge in [0.1, 0.15) is 5.75 Å². The van der Waals surface area contributed by atoms with Crippen LogP contribution in [0.15, 0.2) is 48.5 Å². The standard InChI is InChI=1S/C23H29ClN2O2.ClH/c1-17(2)28-19-12-10-18(11-13-19)23(27)25-16-22(26-14-6-3-7-15-26)20-8-4-5-9-21(20)24;/h4-5,8-13,17,22H,3,6-7,14-16H2,1-2H3,(H,25,27);1H. The first-order chi connectivity index (χ1) is 13.5. The SMILES string of the molecule is CC(C)Oc1ccc(C(=O)NCC(c2ccccc2Cl)N2CCCCC2)cc1.Cl. The monoisotopic (exact) mass is 436 g/mol. The number of hydrogen-bond donors (Lipinski definition) is 1. The number of ether oxygens (including phenoxy) is 1. The minimum absolute atomic E-state index is 0. The van der Waals surface area contributed by atoms with E-state index in [-0.39, 0.29) is 30.5 Å². The van der Waals surface area contributed by atoms with Crippen LogP contribution in [0.3, 0.4) is 0 Å². The fraction of sp³-hybridized carbons (Fsp3) is 0.435. The van der Waals surface area contributed by atoms with E-state index in [1.54, 1.807) is 12.1 Å². The Morgan fingerprint density at radius 3 is 2.34 bits per heavy atom. The van der Waals surface area contributed by atoms with Crippen molar-refractivity contribution in [2.75, 3.05) is 19.6 Å². The molecule has 1 aliphatic rings. The van der Waals surface area contributed by atoms with Crippen LogP contribution in [0.25, 0.3) is 0 Å². The van der Waals surface area contributed by atoms with Gasteiger partial charge in [-0.3, -0.25) is 9.69 Å². The van der Waals surface area contributed by atoms with Gasteiger partial charge in [-0.25, -0.2) is 0 Å². The van der Waals surface area contributed by atoms with Gasteiger partial charge in [-0.2, -0.15) is 0 Å². The maximum atomic E-state index is 12.7. The van der Waals surface area contributed by atoms with E-state index in [9.17, 15) is 4.79 Å². The van der Waals surface area contributed by atoms with E-state index in [0.29, 0.717) is 12.1 Å². The third-order valence-corrected chi connectivity index (χ3v) is 5.38. The summed E-state index contributed by atoms with van der Waals surface area (Å²) in [7, 11) is 0. The molecule has 158 valence electrons. The van der Waals surface area contributed by atoms with Crippen LogP contribution in [0, 0.1) is 0 Å². The number of hydrogen-bond acceptors (Lipinski definition) is 3. The van der Waals surface area contributed by atoms with Crippen molar-refractivity contribution in [3.05, 3.63) is 64.7 Å². The molecule has 0 aliphatic carbocycles. The molecule has 1 amide bonds. The van der Waals surface area contributed by atoms with E-state index in [4.69, 9.17) is 16.3 Å². The van der Waals surface area contributed by atoms with Crippen molar-refractivity contribution in [1.82, 2.24) is 10.2 Å². The van der Waals surface area contributed by atoms with Gasteiger partial charge in [-0.15, -0.1) is 12.4 Å². The highest BCUT2D eigenvalue weighted by atomic mass is 35.5. The van der Waals surface area contributed by atoms with Crippen molar-refractivity contribution in [1.29, 1.82) is 0 Å². The molecule has 4 nitrogen and oxygen atoms in total. The Balaban J connectivity index is 0.00000300. The minimum atomic E-state index is -0.0786. The second kappa shape index (κ2) is 11.4. The van der Waals surface area contributed by atoms with E-state index in [1.807, 2.05) is 44.2 Å². The van der Waals surface area contributed by atoms with Gasteiger partial charge in [-0.05, 0) is 75.7 Å². The summed E-state index contributed by atoms with van der Waals surface area (Å²) in [5.74, 6) is 0.693. The molecule has 1 atom stereocenters. The molecule has 0 spiro atoms. The van der Waals surface area contributed by atoms with Crippen molar-refractivity contribution >= 4 is 29.9 Å². The molecular weight excluding hydrogens is 407 g/mol. The Morgan fingerprint density at radius 2 is 1.72 bits per heavy atom. The number of nitrogens with one attached hydrogen (secondary N) is 1. The quantitative estimate of drug-likeness (QED) is 0.622. The molecule has 3 rings (SSSR count). The van der Waals surface area contributed by atoms with Crippen LogP contribution in [-0.2, 0) is 0 Å². The Labute approximate surface area is 185 Å². The average molecular weight is 437 g/mol. The summed E-state index contributed by atoms with van der Waals surface area (Å²) in [5, 5.41) is 3.85. The average Bonchev–Trinajstić information content (AvgIpc) is 2.70. The van der Waals surface area contributed by atoms with Crippen molar-refractivity contribution in [3.63, 3.8) is 0 Å². The lowest BCUT2D eigenvalue weighted by molar-refractivity contribution is 0.0924. The molecule has 1 N–H and O–H groups in total. The summed E-state index contributed by atoms with van der Waals surface area (Å²) < 4.78 is 5.64. The summed E-state index contributed by atoms with van der Waals surface area (Å²) >= 11 is 6.48. The molecule has 0 bridgehead atoms. The second-order valence-electron chi connectivity index (χ2n) is 7.53. The molecule has 1 saturated heterocycles. The lowest BCUT2D eigenvalue weighted by atomic mass is 10.0. The zero-order valence-corrected chi connectivity index (χ0v) is 18.6. The number of carbonyl (C=O) groups is 1. The van der Waals surface area contributed by atoms with E-state index in [2.05, 4.69) is 16.3 Å². The number of likely N-dealkylation sites (tertiary alicyclic amines) is 1. The Bertz CT molecular complexity index is 775. The van der Waals surface area contributed by atoms with E-state index < -0.39 is 0 Å². The van der Waals surface area contributed by atoms with Gasteiger partial charge in [0.2, 0.25) is 0 Å². The number of halogens is 2. The number of rotatable bonds is 7. The first kappa shape index (κ1) is 23.5. The van der Waals surface area contributed by atoms with E-state index in [0.717, 1.165) is 29.4 Å². The summed E-state index contributed by atoms with van der Waals surface area (Å²) in [6.45, 7) is 6.57. The van der Waals surface area contributed by atoms with Crippen LogP contribution >= 0.6 is 24.0 Å². The number of carbonyl (C=O) groups excluding carboxylic acids is 1. The van der Waals surface area contributed by atoms with Crippen molar-refractivity contribution in [2.45, 2.75) is 45.3 Å². The van der Waals surface area contributed by atoms with Crippen LogP contribution in [0.4, 0.5) is 0 Å². The van der Waals surface area contributed by atoms with Crippen molar-refractivity contribution in [2.24, 2.45) is 0 Å². The second-order valence-corrected chi connectivity index (χ2v) is 7.94. The first-order valence-corrected chi connectivity index (χ1v) is 10.5. The molecule has 2 aromatic carbocycles. The molecule has 0 saturated carbocycles. The van der Waals surface area contributed by atoms with Gasteiger partial charge < -0.3 is 10.1 Å². The van der Waals surface area contributed by atoms with Crippen LogP contribution < -0.4 is 10.1 Å². The molecular formula is C23H30Cl2N2O2. The fourth-order valence-corrected chi connectivity index (χ4v) is 3.92. The highest BCUT2D eigenvalue weighted by molar-refractivity contribution is 6.31. The summed E-state index contributed by atoms with van der Waals surface area (Å²) in [6, 6.07) is 15.3. The Morgan fingerprint density at radius 1 is 1.07 bits per heavy atom. The maximum Gasteiger partial charge on any atom is 0.251 e. The molecule has 6 heteroatoms. The molecule has 1 unspecified atom stereocenters. The van der Waals surface area contributed by atoms with E-state index >= 15 is 0 Å². The molecule has 2 aromatic rings. The number of nitrogens with zero attached hydrogens (tertiary/aromatic N) is 1. The predicted octanol–water partition coefficient (Wildman–Crippen LogP) is 5.51. The van der Waals surface area contributed by atoms with Gasteiger partial charge >= 0.3 is 0 Å². The Hall–Kier alpha value is -1.75. The topological polar surface area (TPSA) is 41.6 Å². The van der Waals surface area contributed by atoms with Gasteiger partial charge in [0.15, 0.2) is 0 Å². The van der Waals surface area contributed by atoms with Crippen molar-refractivity contribution < 1.29 is 9.53 Å². The van der Waals surface area contributed by atoms with Crippen LogP contribution in [0.2, 0.25) is 5.02 Å². The zero-order valence-electron chi connectivity index (χ0n) is 17.1. The summed E-state index contributed by atoms with van der Waals surface area (Å²) in [6.07, 6.45) is 3.75. The first-order valence-electron chi connectivity index (χ1n) is 10.1. The van der Waals surface area contributed by atoms with Crippen LogP contribution in [-0.4, -0.2) is 36.5 Å². The number of piperidine rings is 1. The zero-order chi connectivity index (χ0) is 19.9. The highest BCUT2D eigenvalue weighted by Gasteiger charge is 2.24. The number of amides is 1. The molecule has 0 aromatic heterocycles. The smallest absolute Gasteiger partial charge is 0.251 e. The maximum absolute atomic E-state index is 12.7. The largest absolute Gasteiger partial charge is 0.491 e. The molecule has 1 fully saturated rings. The molecule has 0 radical (unpaired) electrons. The Kier molecular flexibility index (Phi) is 9.28. The number of benzene rings is 2. The van der Waals surface area contributed by atoms with Crippen molar-refractivity contribution in [3.8, 4) is 5.75 Å². The normalized spacial score (nSPS) is 15.4. The highest BCUT2D eigenvalue weighted by Crippen LogP contribution is 2.29. The molecule has 1 aliphatic heterocycles. The minimum Gasteiger partial charge on any atom is -0.491 e. The fourth-order valence-electron chi connectivity index (χ4n) is 3.66. The van der Waals surface area contributed by atoms with Gasteiger partial charge in [0.25, 0.3) is 5.91 Å². The van der Waals surface area contributed by atoms with Crippen LogP contribution in [0.1, 0.15) is 55.1 Å². The third-order valence-electron chi connectivity index (χ3n) is 5.04. The predicted molar refractivity (Wildman–Crippen MR) is 121 cm³/mol. The molecule has 1 heterocycles. The summed E-state index contributed by atoms with van der Waals surface area (Å²) in [5.41, 5.74) is 1.71. The molecule has 29 heavy (non-hydrogen) atoms. The van der Waals surface area contributed by atoms with E-state index in [1.165, 1.54) is 19.3 Å². The lowest BCUT2D eigenvalue weighted by Crippen LogP contribution is -2.40.